The van der Waals surface area contributed by atoms with E-state index in [9.17, 15) is 0 Å². The quantitative estimate of drug-likeness (QED) is 0.895. The van der Waals surface area contributed by atoms with E-state index in [-0.39, 0.29) is 6.10 Å². The van der Waals surface area contributed by atoms with Crippen molar-refractivity contribution in [3.8, 4) is 5.75 Å². The summed E-state index contributed by atoms with van der Waals surface area (Å²) in [7, 11) is 0. The van der Waals surface area contributed by atoms with Crippen molar-refractivity contribution in [1.29, 1.82) is 0 Å². The Morgan fingerprint density at radius 3 is 2.80 bits per heavy atom. The SMILES string of the molecule is CCNC1CC(c2ccc(CC)s2)Oc2ccccc21. The highest BCUT2D eigenvalue weighted by atomic mass is 32.1. The molecule has 2 atom stereocenters. The van der Waals surface area contributed by atoms with E-state index in [1.54, 1.807) is 0 Å². The van der Waals surface area contributed by atoms with Crippen LogP contribution >= 0.6 is 11.3 Å². The summed E-state index contributed by atoms with van der Waals surface area (Å²) in [5.41, 5.74) is 1.29. The lowest BCUT2D eigenvalue weighted by Crippen LogP contribution is -2.28. The largest absolute Gasteiger partial charge is 0.484 e. The van der Waals surface area contributed by atoms with Gasteiger partial charge in [0.25, 0.3) is 0 Å². The molecule has 2 nitrogen and oxygen atoms in total. The van der Waals surface area contributed by atoms with Gasteiger partial charge < -0.3 is 10.1 Å². The Kier molecular flexibility index (Phi) is 4.08. The van der Waals surface area contributed by atoms with E-state index in [1.807, 2.05) is 11.3 Å². The smallest absolute Gasteiger partial charge is 0.135 e. The predicted octanol–water partition coefficient (Wildman–Crippen LogP) is 4.48. The van der Waals surface area contributed by atoms with E-state index in [0.29, 0.717) is 6.04 Å². The van der Waals surface area contributed by atoms with Crippen LogP contribution in [0.5, 0.6) is 5.75 Å². The van der Waals surface area contributed by atoms with Crippen molar-refractivity contribution in [3.05, 3.63) is 51.7 Å². The first-order chi connectivity index (χ1) is 9.81. The molecule has 3 rings (SSSR count). The summed E-state index contributed by atoms with van der Waals surface area (Å²) in [4.78, 5) is 2.78. The summed E-state index contributed by atoms with van der Waals surface area (Å²) in [5, 5.41) is 3.59. The van der Waals surface area contributed by atoms with Crippen LogP contribution in [0.15, 0.2) is 36.4 Å². The van der Waals surface area contributed by atoms with Crippen LogP contribution in [0.1, 0.15) is 47.7 Å². The molecule has 1 N–H and O–H groups in total. The summed E-state index contributed by atoms with van der Waals surface area (Å²) < 4.78 is 6.22. The van der Waals surface area contributed by atoms with E-state index in [0.717, 1.165) is 25.1 Å². The summed E-state index contributed by atoms with van der Waals surface area (Å²) >= 11 is 1.88. The Balaban J connectivity index is 1.89. The van der Waals surface area contributed by atoms with Crippen molar-refractivity contribution in [2.75, 3.05) is 6.54 Å². The molecule has 0 amide bonds. The molecule has 2 heterocycles. The Bertz CT molecular complexity index is 578. The summed E-state index contributed by atoms with van der Waals surface area (Å²) in [6.45, 7) is 5.35. The number of rotatable bonds is 4. The van der Waals surface area contributed by atoms with Crippen molar-refractivity contribution in [2.24, 2.45) is 0 Å². The van der Waals surface area contributed by atoms with Crippen LogP contribution in [-0.4, -0.2) is 6.54 Å². The van der Waals surface area contributed by atoms with Crippen molar-refractivity contribution in [1.82, 2.24) is 5.32 Å². The lowest BCUT2D eigenvalue weighted by molar-refractivity contribution is 0.155. The third-order valence-electron chi connectivity index (χ3n) is 3.81. The van der Waals surface area contributed by atoms with Gasteiger partial charge in [-0.25, -0.2) is 0 Å². The summed E-state index contributed by atoms with van der Waals surface area (Å²) in [5.74, 6) is 1.03. The number of para-hydroxylation sites is 1. The molecule has 3 heteroatoms. The molecule has 1 aromatic heterocycles. The highest BCUT2D eigenvalue weighted by Gasteiger charge is 2.29. The lowest BCUT2D eigenvalue weighted by Gasteiger charge is -2.32. The molecule has 0 saturated carbocycles. The van der Waals surface area contributed by atoms with E-state index in [4.69, 9.17) is 4.74 Å². The van der Waals surface area contributed by atoms with Crippen LogP contribution in [0, 0.1) is 0 Å². The number of ether oxygens (including phenoxy) is 1. The molecule has 1 aromatic carbocycles. The fourth-order valence-corrected chi connectivity index (χ4v) is 3.78. The first-order valence-electron chi connectivity index (χ1n) is 7.39. The van der Waals surface area contributed by atoms with Gasteiger partial charge in [-0.3, -0.25) is 0 Å². The monoisotopic (exact) mass is 287 g/mol. The van der Waals surface area contributed by atoms with Gasteiger partial charge in [0, 0.05) is 27.8 Å². The Hall–Kier alpha value is -1.32. The Labute approximate surface area is 124 Å². The highest BCUT2D eigenvalue weighted by Crippen LogP contribution is 2.42. The molecule has 20 heavy (non-hydrogen) atoms. The van der Waals surface area contributed by atoms with Crippen LogP contribution in [0.4, 0.5) is 0 Å². The van der Waals surface area contributed by atoms with Crippen molar-refractivity contribution < 1.29 is 4.74 Å². The first-order valence-corrected chi connectivity index (χ1v) is 8.21. The van der Waals surface area contributed by atoms with Crippen LogP contribution < -0.4 is 10.1 Å². The van der Waals surface area contributed by atoms with Crippen molar-refractivity contribution in [3.63, 3.8) is 0 Å². The molecule has 1 aliphatic heterocycles. The summed E-state index contributed by atoms with van der Waals surface area (Å²) in [6, 6.07) is 13.2. The minimum absolute atomic E-state index is 0.180. The second-order valence-electron chi connectivity index (χ2n) is 5.15. The zero-order valence-electron chi connectivity index (χ0n) is 12.1. The average molecular weight is 287 g/mol. The summed E-state index contributed by atoms with van der Waals surface area (Å²) in [6.07, 6.45) is 2.29. The number of benzene rings is 1. The lowest BCUT2D eigenvalue weighted by atomic mass is 9.96. The normalized spacial score (nSPS) is 21.3. The third kappa shape index (κ3) is 2.60. The number of thiophene rings is 1. The number of aryl methyl sites for hydroxylation is 1. The average Bonchev–Trinajstić information content (AvgIpc) is 2.96. The van der Waals surface area contributed by atoms with Crippen LogP contribution in [0.3, 0.4) is 0 Å². The van der Waals surface area contributed by atoms with Gasteiger partial charge in [-0.05, 0) is 31.2 Å². The van der Waals surface area contributed by atoms with Gasteiger partial charge in [0.15, 0.2) is 0 Å². The third-order valence-corrected chi connectivity index (χ3v) is 5.13. The number of fused-ring (bicyclic) bond motifs is 1. The Morgan fingerprint density at radius 2 is 2.05 bits per heavy atom. The molecule has 106 valence electrons. The molecule has 0 aliphatic carbocycles. The van der Waals surface area contributed by atoms with Gasteiger partial charge in [-0.1, -0.05) is 32.0 Å². The molecule has 0 saturated heterocycles. The van der Waals surface area contributed by atoms with E-state index < -0.39 is 0 Å². The van der Waals surface area contributed by atoms with Crippen molar-refractivity contribution in [2.45, 2.75) is 38.8 Å². The number of hydrogen-bond donors (Lipinski definition) is 1. The molecular formula is C17H21NOS. The van der Waals surface area contributed by atoms with Crippen LogP contribution in [-0.2, 0) is 6.42 Å². The fraction of sp³-hybridized carbons (Fsp3) is 0.412. The first kappa shape index (κ1) is 13.7. The topological polar surface area (TPSA) is 21.3 Å². The van der Waals surface area contributed by atoms with Crippen LogP contribution in [0.2, 0.25) is 0 Å². The zero-order chi connectivity index (χ0) is 13.9. The predicted molar refractivity (Wildman–Crippen MR) is 84.5 cm³/mol. The second kappa shape index (κ2) is 5.98. The van der Waals surface area contributed by atoms with E-state index in [2.05, 4.69) is 55.6 Å². The van der Waals surface area contributed by atoms with Gasteiger partial charge in [0.05, 0.1) is 0 Å². The molecule has 0 spiro atoms. The van der Waals surface area contributed by atoms with Gasteiger partial charge >= 0.3 is 0 Å². The number of nitrogens with one attached hydrogen (secondary N) is 1. The minimum Gasteiger partial charge on any atom is -0.484 e. The molecule has 0 bridgehead atoms. The van der Waals surface area contributed by atoms with E-state index >= 15 is 0 Å². The maximum Gasteiger partial charge on any atom is 0.135 e. The van der Waals surface area contributed by atoms with Gasteiger partial charge in [-0.2, -0.15) is 0 Å². The minimum atomic E-state index is 0.180. The molecular weight excluding hydrogens is 266 g/mol. The molecule has 0 radical (unpaired) electrons. The fourth-order valence-electron chi connectivity index (χ4n) is 2.79. The van der Waals surface area contributed by atoms with Crippen molar-refractivity contribution >= 4 is 11.3 Å². The maximum absolute atomic E-state index is 6.22. The maximum atomic E-state index is 6.22. The van der Waals surface area contributed by atoms with Gasteiger partial charge in [0.2, 0.25) is 0 Å². The Morgan fingerprint density at radius 1 is 1.20 bits per heavy atom. The molecule has 2 aromatic rings. The second-order valence-corrected chi connectivity index (χ2v) is 6.35. The number of hydrogen-bond acceptors (Lipinski definition) is 3. The zero-order valence-corrected chi connectivity index (χ0v) is 12.9. The van der Waals surface area contributed by atoms with Gasteiger partial charge in [-0.15, -0.1) is 11.3 Å². The molecule has 0 fully saturated rings. The van der Waals surface area contributed by atoms with Crippen LogP contribution in [0.25, 0.3) is 0 Å². The molecule has 1 aliphatic rings. The van der Waals surface area contributed by atoms with Gasteiger partial charge in [0.1, 0.15) is 11.9 Å². The molecule has 2 unspecified atom stereocenters. The van der Waals surface area contributed by atoms with E-state index in [1.165, 1.54) is 15.3 Å². The standard InChI is InChI=1S/C17H21NOS/c1-3-12-9-10-17(20-12)16-11-14(18-4-2)13-7-5-6-8-15(13)19-16/h5-10,14,16,18H,3-4,11H2,1-2H3. The highest BCUT2D eigenvalue weighted by molar-refractivity contribution is 7.12.